The predicted molar refractivity (Wildman–Crippen MR) is 115 cm³/mol. The molecule has 0 atom stereocenters. The van der Waals surface area contributed by atoms with E-state index in [0.29, 0.717) is 43.6 Å². The number of phenols is 1. The van der Waals surface area contributed by atoms with Gasteiger partial charge in [-0.05, 0) is 30.3 Å². The minimum Gasteiger partial charge on any atom is -0.506 e. The summed E-state index contributed by atoms with van der Waals surface area (Å²) in [6.07, 6.45) is 1.75. The van der Waals surface area contributed by atoms with Crippen LogP contribution in [0, 0.1) is 0 Å². The van der Waals surface area contributed by atoms with E-state index in [2.05, 4.69) is 25.8 Å². The fourth-order valence-electron chi connectivity index (χ4n) is 3.59. The Hall–Kier alpha value is -2.87. The van der Waals surface area contributed by atoms with Crippen LogP contribution in [-0.4, -0.2) is 51.6 Å². The molecule has 7 nitrogen and oxygen atoms in total. The Morgan fingerprint density at radius 2 is 1.86 bits per heavy atom. The number of aryl methyl sites for hydroxylation is 1. The highest BCUT2D eigenvalue weighted by Gasteiger charge is 2.22. The summed E-state index contributed by atoms with van der Waals surface area (Å²) in [6.45, 7) is 2.80. The van der Waals surface area contributed by atoms with E-state index in [4.69, 9.17) is 0 Å². The van der Waals surface area contributed by atoms with E-state index in [0.717, 1.165) is 10.2 Å². The third-order valence-corrected chi connectivity index (χ3v) is 5.70. The number of fused-ring (bicyclic) bond motifs is 1. The molecule has 29 heavy (non-hydrogen) atoms. The molecular formula is C21H21BrN4O3. The minimum atomic E-state index is -0.145. The Morgan fingerprint density at radius 1 is 1.10 bits per heavy atom. The van der Waals surface area contributed by atoms with Crippen LogP contribution >= 0.6 is 15.9 Å². The maximum absolute atomic E-state index is 12.6. The molecule has 2 heterocycles. The molecule has 150 valence electrons. The Labute approximate surface area is 176 Å². The first-order chi connectivity index (χ1) is 14.0. The molecule has 0 unspecified atom stereocenters. The highest BCUT2D eigenvalue weighted by molar-refractivity contribution is 9.10. The van der Waals surface area contributed by atoms with Gasteiger partial charge in [0, 0.05) is 43.6 Å². The molecule has 0 radical (unpaired) electrons. The number of piperazine rings is 1. The summed E-state index contributed by atoms with van der Waals surface area (Å²) in [5.41, 5.74) is 1.29. The zero-order valence-electron chi connectivity index (χ0n) is 15.8. The van der Waals surface area contributed by atoms with Crippen LogP contribution < -0.4 is 10.5 Å². The van der Waals surface area contributed by atoms with Crippen LogP contribution in [0.1, 0.15) is 6.42 Å². The number of rotatable bonds is 4. The summed E-state index contributed by atoms with van der Waals surface area (Å²) >= 11 is 3.38. The number of amides is 1. The SMILES string of the molecule is O=C(CCn1cnc2ccc(Br)cc2c1=O)N1CCN(c2ccccc2O)CC1. The van der Waals surface area contributed by atoms with Gasteiger partial charge < -0.3 is 14.9 Å². The zero-order chi connectivity index (χ0) is 20.4. The standard InChI is InChI=1S/C21H21BrN4O3/c22-15-5-6-17-16(13-15)21(29)26(14-23-17)8-7-20(28)25-11-9-24(10-12-25)18-3-1-2-4-19(18)27/h1-6,13-14,27H,7-12H2. The molecule has 1 fully saturated rings. The molecule has 4 rings (SSSR count). The van der Waals surface area contributed by atoms with E-state index in [9.17, 15) is 14.7 Å². The summed E-state index contributed by atoms with van der Waals surface area (Å²) in [4.78, 5) is 33.5. The van der Waals surface area contributed by atoms with Crippen LogP contribution in [-0.2, 0) is 11.3 Å². The second-order valence-electron chi connectivity index (χ2n) is 7.01. The van der Waals surface area contributed by atoms with Crippen LogP contribution in [0.25, 0.3) is 10.9 Å². The fourth-order valence-corrected chi connectivity index (χ4v) is 3.95. The molecule has 1 amide bonds. The minimum absolute atomic E-state index is 0.0168. The normalized spacial score (nSPS) is 14.4. The Bertz CT molecular complexity index is 1110. The van der Waals surface area contributed by atoms with Crippen LogP contribution in [0.15, 0.2) is 58.1 Å². The molecule has 8 heteroatoms. The first-order valence-corrected chi connectivity index (χ1v) is 10.3. The topological polar surface area (TPSA) is 78.7 Å². The van der Waals surface area contributed by atoms with E-state index in [1.165, 1.54) is 10.9 Å². The molecule has 1 aliphatic rings. The van der Waals surface area contributed by atoms with Crippen LogP contribution in [0.5, 0.6) is 5.75 Å². The lowest BCUT2D eigenvalue weighted by Gasteiger charge is -2.36. The number of phenolic OH excluding ortho intramolecular Hbond substituents is 1. The monoisotopic (exact) mass is 456 g/mol. The van der Waals surface area contributed by atoms with E-state index < -0.39 is 0 Å². The number of anilines is 1. The lowest BCUT2D eigenvalue weighted by molar-refractivity contribution is -0.131. The summed E-state index contributed by atoms with van der Waals surface area (Å²) in [6, 6.07) is 12.6. The number of halogens is 1. The Balaban J connectivity index is 1.37. The first kappa shape index (κ1) is 19.4. The number of nitrogens with zero attached hydrogens (tertiary/aromatic N) is 4. The number of aromatic nitrogens is 2. The number of hydrogen-bond acceptors (Lipinski definition) is 5. The molecule has 0 aliphatic carbocycles. The summed E-state index contributed by atoms with van der Waals surface area (Å²) < 4.78 is 2.31. The van der Waals surface area contributed by atoms with Crippen molar-refractivity contribution in [2.75, 3.05) is 31.1 Å². The van der Waals surface area contributed by atoms with Crippen LogP contribution in [0.4, 0.5) is 5.69 Å². The van der Waals surface area contributed by atoms with Gasteiger partial charge in [-0.15, -0.1) is 0 Å². The van der Waals surface area contributed by atoms with Gasteiger partial charge in [0.25, 0.3) is 5.56 Å². The smallest absolute Gasteiger partial charge is 0.261 e. The van der Waals surface area contributed by atoms with Gasteiger partial charge in [-0.3, -0.25) is 14.2 Å². The second kappa shape index (κ2) is 8.24. The largest absolute Gasteiger partial charge is 0.506 e. The molecule has 0 spiro atoms. The lowest BCUT2D eigenvalue weighted by atomic mass is 10.2. The van der Waals surface area contributed by atoms with Gasteiger partial charge in [-0.1, -0.05) is 28.1 Å². The van der Waals surface area contributed by atoms with Gasteiger partial charge in [0.2, 0.25) is 5.91 Å². The van der Waals surface area contributed by atoms with E-state index in [1.54, 1.807) is 24.3 Å². The van der Waals surface area contributed by atoms with Gasteiger partial charge >= 0.3 is 0 Å². The average molecular weight is 457 g/mol. The van der Waals surface area contributed by atoms with Crippen molar-refractivity contribution in [3.63, 3.8) is 0 Å². The molecule has 1 aromatic heterocycles. The molecule has 0 saturated carbocycles. The number of aromatic hydroxyl groups is 1. The van der Waals surface area contributed by atoms with E-state index in [-0.39, 0.29) is 23.6 Å². The predicted octanol–water partition coefficient (Wildman–Crippen LogP) is 2.60. The lowest BCUT2D eigenvalue weighted by Crippen LogP contribution is -2.49. The van der Waals surface area contributed by atoms with E-state index >= 15 is 0 Å². The summed E-state index contributed by atoms with van der Waals surface area (Å²) in [7, 11) is 0. The number of carbonyl (C=O) groups is 1. The highest BCUT2D eigenvalue weighted by atomic mass is 79.9. The molecule has 1 N–H and O–H groups in total. The van der Waals surface area contributed by atoms with Crippen molar-refractivity contribution in [1.29, 1.82) is 0 Å². The number of carbonyl (C=O) groups excluding carboxylic acids is 1. The Kier molecular flexibility index (Phi) is 5.53. The number of benzene rings is 2. The molecule has 2 aromatic carbocycles. The van der Waals surface area contributed by atoms with Gasteiger partial charge in [0.15, 0.2) is 0 Å². The molecule has 0 bridgehead atoms. The highest BCUT2D eigenvalue weighted by Crippen LogP contribution is 2.27. The van der Waals surface area contributed by atoms with Crippen LogP contribution in [0.3, 0.4) is 0 Å². The molecule has 1 aliphatic heterocycles. The van der Waals surface area contributed by atoms with Gasteiger partial charge in [-0.25, -0.2) is 4.98 Å². The van der Waals surface area contributed by atoms with Crippen molar-refractivity contribution in [3.8, 4) is 5.75 Å². The van der Waals surface area contributed by atoms with Crippen molar-refractivity contribution >= 4 is 38.4 Å². The quantitative estimate of drug-likeness (QED) is 0.652. The maximum Gasteiger partial charge on any atom is 0.261 e. The zero-order valence-corrected chi connectivity index (χ0v) is 17.4. The van der Waals surface area contributed by atoms with Crippen LogP contribution in [0.2, 0.25) is 0 Å². The van der Waals surface area contributed by atoms with Crippen molar-refractivity contribution < 1.29 is 9.90 Å². The second-order valence-corrected chi connectivity index (χ2v) is 7.93. The van der Waals surface area contributed by atoms with Crippen molar-refractivity contribution in [3.05, 3.63) is 63.6 Å². The van der Waals surface area contributed by atoms with Crippen molar-refractivity contribution in [2.45, 2.75) is 13.0 Å². The third kappa shape index (κ3) is 4.12. The summed E-state index contributed by atoms with van der Waals surface area (Å²) in [5.74, 6) is 0.269. The number of hydrogen-bond donors (Lipinski definition) is 1. The Morgan fingerprint density at radius 3 is 2.62 bits per heavy atom. The van der Waals surface area contributed by atoms with Gasteiger partial charge in [0.1, 0.15) is 5.75 Å². The van der Waals surface area contributed by atoms with Gasteiger partial charge in [0.05, 0.1) is 22.9 Å². The first-order valence-electron chi connectivity index (χ1n) is 9.48. The molecule has 1 saturated heterocycles. The summed E-state index contributed by atoms with van der Waals surface area (Å²) in [5, 5.41) is 10.5. The van der Waals surface area contributed by atoms with Crippen molar-refractivity contribution in [1.82, 2.24) is 14.5 Å². The molecular weight excluding hydrogens is 436 g/mol. The third-order valence-electron chi connectivity index (χ3n) is 5.21. The fraction of sp³-hybridized carbons (Fsp3) is 0.286. The average Bonchev–Trinajstić information content (AvgIpc) is 2.74. The maximum atomic E-state index is 12.6. The van der Waals surface area contributed by atoms with E-state index in [1.807, 2.05) is 23.1 Å². The van der Waals surface area contributed by atoms with Gasteiger partial charge in [-0.2, -0.15) is 0 Å². The van der Waals surface area contributed by atoms with Crippen molar-refractivity contribution in [2.24, 2.45) is 0 Å². The molecule has 3 aromatic rings. The number of para-hydroxylation sites is 2.